The summed E-state index contributed by atoms with van der Waals surface area (Å²) in [4.78, 5) is -0.393. The first kappa shape index (κ1) is 13.8. The SMILES string of the molecule is C=CCN(CCO)S(=O)(=O)c1ccccc1F. The normalized spacial score (nSPS) is 11.7. The Hall–Kier alpha value is -1.24. The Morgan fingerprint density at radius 1 is 1.41 bits per heavy atom. The van der Waals surface area contributed by atoms with E-state index in [1.165, 1.54) is 24.3 Å². The van der Waals surface area contributed by atoms with E-state index in [-0.39, 0.29) is 19.7 Å². The van der Waals surface area contributed by atoms with Gasteiger partial charge in [0, 0.05) is 13.1 Å². The molecular weight excluding hydrogens is 245 g/mol. The third-order valence-corrected chi connectivity index (χ3v) is 4.03. The second kappa shape index (κ2) is 5.90. The van der Waals surface area contributed by atoms with Crippen molar-refractivity contribution in [1.82, 2.24) is 4.31 Å². The molecule has 1 aromatic carbocycles. The van der Waals surface area contributed by atoms with Crippen molar-refractivity contribution in [2.45, 2.75) is 4.90 Å². The molecule has 1 aromatic rings. The molecule has 0 amide bonds. The molecule has 0 spiro atoms. The van der Waals surface area contributed by atoms with E-state index >= 15 is 0 Å². The molecule has 0 saturated carbocycles. The lowest BCUT2D eigenvalue weighted by Crippen LogP contribution is -2.34. The van der Waals surface area contributed by atoms with Gasteiger partial charge in [-0.2, -0.15) is 4.31 Å². The van der Waals surface area contributed by atoms with Crippen molar-refractivity contribution in [1.29, 1.82) is 0 Å². The van der Waals surface area contributed by atoms with Crippen molar-refractivity contribution in [3.63, 3.8) is 0 Å². The first-order chi connectivity index (χ1) is 8.04. The van der Waals surface area contributed by atoms with E-state index in [4.69, 9.17) is 5.11 Å². The maximum absolute atomic E-state index is 13.4. The van der Waals surface area contributed by atoms with E-state index in [1.54, 1.807) is 0 Å². The molecule has 6 heteroatoms. The van der Waals surface area contributed by atoms with E-state index in [0.717, 1.165) is 10.4 Å². The highest BCUT2D eigenvalue weighted by atomic mass is 32.2. The molecule has 0 saturated heterocycles. The van der Waals surface area contributed by atoms with E-state index in [1.807, 2.05) is 0 Å². The van der Waals surface area contributed by atoms with Gasteiger partial charge in [0.15, 0.2) is 0 Å². The fourth-order valence-corrected chi connectivity index (χ4v) is 2.82. The molecule has 17 heavy (non-hydrogen) atoms. The lowest BCUT2D eigenvalue weighted by molar-refractivity contribution is 0.260. The zero-order valence-electron chi connectivity index (χ0n) is 9.21. The number of hydrogen-bond acceptors (Lipinski definition) is 3. The predicted molar refractivity (Wildman–Crippen MR) is 62.4 cm³/mol. The summed E-state index contributed by atoms with van der Waals surface area (Å²) in [7, 11) is -3.93. The van der Waals surface area contributed by atoms with Crippen LogP contribution in [0, 0.1) is 5.82 Å². The van der Waals surface area contributed by atoms with Crippen LogP contribution in [0.5, 0.6) is 0 Å². The number of nitrogens with zero attached hydrogens (tertiary/aromatic N) is 1. The average molecular weight is 259 g/mol. The Labute approximate surface area is 100 Å². The zero-order valence-corrected chi connectivity index (χ0v) is 10.0. The minimum Gasteiger partial charge on any atom is -0.395 e. The summed E-state index contributed by atoms with van der Waals surface area (Å²) in [6.45, 7) is 3.03. The second-order valence-corrected chi connectivity index (χ2v) is 5.21. The van der Waals surface area contributed by atoms with Crippen molar-refractivity contribution in [3.8, 4) is 0 Å². The molecule has 4 nitrogen and oxygen atoms in total. The van der Waals surface area contributed by atoms with Crippen LogP contribution >= 0.6 is 0 Å². The van der Waals surface area contributed by atoms with Crippen LogP contribution in [0.2, 0.25) is 0 Å². The Bertz CT molecular complexity index is 487. The average Bonchev–Trinajstić information content (AvgIpc) is 2.29. The summed E-state index contributed by atoms with van der Waals surface area (Å²) in [5.41, 5.74) is 0. The van der Waals surface area contributed by atoms with Crippen LogP contribution in [0.4, 0.5) is 4.39 Å². The van der Waals surface area contributed by atoms with Crippen LogP contribution in [0.1, 0.15) is 0 Å². The molecule has 0 aliphatic heterocycles. The molecule has 1 rings (SSSR count). The van der Waals surface area contributed by atoms with E-state index < -0.39 is 20.7 Å². The lowest BCUT2D eigenvalue weighted by atomic mass is 10.4. The van der Waals surface area contributed by atoms with Gasteiger partial charge in [0.2, 0.25) is 10.0 Å². The van der Waals surface area contributed by atoms with Crippen molar-refractivity contribution in [2.24, 2.45) is 0 Å². The largest absolute Gasteiger partial charge is 0.395 e. The minimum atomic E-state index is -3.93. The molecule has 0 aromatic heterocycles. The van der Waals surface area contributed by atoms with Crippen LogP contribution < -0.4 is 0 Å². The summed E-state index contributed by atoms with van der Waals surface area (Å²) in [6, 6.07) is 5.13. The number of aliphatic hydroxyl groups is 1. The second-order valence-electron chi connectivity index (χ2n) is 3.31. The minimum absolute atomic E-state index is 0.0250. The Morgan fingerprint density at radius 2 is 2.06 bits per heavy atom. The summed E-state index contributed by atoms with van der Waals surface area (Å²) < 4.78 is 38.5. The van der Waals surface area contributed by atoms with Gasteiger partial charge < -0.3 is 5.11 Å². The number of sulfonamides is 1. The van der Waals surface area contributed by atoms with Crippen LogP contribution in [0.3, 0.4) is 0 Å². The number of halogens is 1. The first-order valence-corrected chi connectivity index (χ1v) is 6.44. The third kappa shape index (κ3) is 3.12. The monoisotopic (exact) mass is 259 g/mol. The van der Waals surface area contributed by atoms with E-state index in [2.05, 4.69) is 6.58 Å². The summed E-state index contributed by atoms with van der Waals surface area (Å²) in [5, 5.41) is 8.81. The standard InChI is InChI=1S/C11H14FNO3S/c1-2-7-13(8-9-14)17(15,16)11-6-4-3-5-10(11)12/h2-6,14H,1,7-9H2. The molecular formula is C11H14FNO3S. The van der Waals surface area contributed by atoms with Gasteiger partial charge in [0.1, 0.15) is 10.7 Å². The highest BCUT2D eigenvalue weighted by Crippen LogP contribution is 2.18. The molecule has 0 unspecified atom stereocenters. The molecule has 0 heterocycles. The maximum Gasteiger partial charge on any atom is 0.246 e. The highest BCUT2D eigenvalue weighted by molar-refractivity contribution is 7.89. The maximum atomic E-state index is 13.4. The van der Waals surface area contributed by atoms with Gasteiger partial charge >= 0.3 is 0 Å². The van der Waals surface area contributed by atoms with Gasteiger partial charge in [-0.05, 0) is 12.1 Å². The van der Waals surface area contributed by atoms with E-state index in [0.29, 0.717) is 0 Å². The van der Waals surface area contributed by atoms with Gasteiger partial charge in [-0.3, -0.25) is 0 Å². The topological polar surface area (TPSA) is 57.6 Å². The number of hydrogen-bond donors (Lipinski definition) is 1. The molecule has 0 atom stereocenters. The predicted octanol–water partition coefficient (Wildman–Crippen LogP) is 0.995. The van der Waals surface area contributed by atoms with Gasteiger partial charge in [-0.25, -0.2) is 12.8 Å². The molecule has 1 N–H and O–H groups in total. The Balaban J connectivity index is 3.16. The van der Waals surface area contributed by atoms with Crippen LogP contribution in [-0.4, -0.2) is 37.5 Å². The third-order valence-electron chi connectivity index (χ3n) is 2.14. The van der Waals surface area contributed by atoms with Crippen LogP contribution in [0.25, 0.3) is 0 Å². The summed E-state index contributed by atoms with van der Waals surface area (Å²) >= 11 is 0. The first-order valence-electron chi connectivity index (χ1n) is 5.00. The molecule has 0 aliphatic rings. The molecule has 0 fully saturated rings. The number of benzene rings is 1. The van der Waals surface area contributed by atoms with Gasteiger partial charge in [-0.15, -0.1) is 6.58 Å². The molecule has 0 bridgehead atoms. The van der Waals surface area contributed by atoms with Gasteiger partial charge in [0.05, 0.1) is 6.61 Å². The van der Waals surface area contributed by atoms with Gasteiger partial charge in [0.25, 0.3) is 0 Å². The molecule has 0 radical (unpaired) electrons. The zero-order chi connectivity index (χ0) is 12.9. The fourth-order valence-electron chi connectivity index (χ4n) is 1.36. The Morgan fingerprint density at radius 3 is 2.59 bits per heavy atom. The van der Waals surface area contributed by atoms with Crippen LogP contribution in [-0.2, 0) is 10.0 Å². The number of rotatable bonds is 6. The van der Waals surface area contributed by atoms with Crippen LogP contribution in [0.15, 0.2) is 41.8 Å². The van der Waals surface area contributed by atoms with Crippen molar-refractivity contribution in [3.05, 3.63) is 42.7 Å². The van der Waals surface area contributed by atoms with Crippen molar-refractivity contribution < 1.29 is 17.9 Å². The van der Waals surface area contributed by atoms with Crippen molar-refractivity contribution >= 4 is 10.0 Å². The lowest BCUT2D eigenvalue weighted by Gasteiger charge is -2.19. The summed E-state index contributed by atoms with van der Waals surface area (Å²) in [5.74, 6) is -0.806. The Kier molecular flexibility index (Phi) is 4.80. The van der Waals surface area contributed by atoms with Crippen molar-refractivity contribution in [2.75, 3.05) is 19.7 Å². The molecule has 94 valence electrons. The van der Waals surface area contributed by atoms with Gasteiger partial charge in [-0.1, -0.05) is 18.2 Å². The summed E-state index contributed by atoms with van der Waals surface area (Å²) in [6.07, 6.45) is 1.38. The molecule has 0 aliphatic carbocycles. The smallest absolute Gasteiger partial charge is 0.246 e. The number of aliphatic hydroxyl groups excluding tert-OH is 1. The highest BCUT2D eigenvalue weighted by Gasteiger charge is 2.25. The quantitative estimate of drug-likeness (QED) is 0.775. The fraction of sp³-hybridized carbons (Fsp3) is 0.273. The van der Waals surface area contributed by atoms with E-state index in [9.17, 15) is 12.8 Å².